The van der Waals surface area contributed by atoms with Crippen LogP contribution in [0.15, 0.2) is 22.9 Å². The average Bonchev–Trinajstić information content (AvgIpc) is 1.53. The molecule has 11 heavy (non-hydrogen) atoms. The van der Waals surface area contributed by atoms with E-state index in [9.17, 15) is 0 Å². The minimum atomic E-state index is -0.162. The Kier molecular flexibility index (Phi) is 3.74. The molecule has 0 heterocycles. The summed E-state index contributed by atoms with van der Waals surface area (Å²) in [7, 11) is 1.98. The van der Waals surface area contributed by atoms with E-state index in [1.807, 2.05) is 27.8 Å². The van der Waals surface area contributed by atoms with Crippen LogP contribution in [-0.2, 0) is 0 Å². The molecule has 1 N–H and O–H groups in total. The van der Waals surface area contributed by atoms with Crippen molar-refractivity contribution in [1.29, 1.82) is 0 Å². The van der Waals surface area contributed by atoms with Crippen molar-refractivity contribution in [2.24, 2.45) is 0 Å². The zero-order chi connectivity index (χ0) is 9.07. The topological polar surface area (TPSA) is 20.2 Å². The van der Waals surface area contributed by atoms with Crippen molar-refractivity contribution in [2.45, 2.75) is 26.1 Å². The fourth-order valence-electron chi connectivity index (χ4n) is 1.09. The molecular weight excluding hydrogens is 158 g/mol. The highest BCUT2D eigenvalue weighted by Crippen LogP contribution is 2.27. The number of aliphatic hydroxyl groups excluding tert-OH is 1. The van der Waals surface area contributed by atoms with Crippen LogP contribution in [0, 0.1) is 0 Å². The molecule has 0 spiro atoms. The molecule has 0 fully saturated rings. The van der Waals surface area contributed by atoms with Gasteiger partial charge in [-0.1, -0.05) is 24.6 Å². The SMILES string of the molecule is BC(C)(/C=C(\C)O)/C=C(\C)Cl. The smallest absolute Gasteiger partial charge is 0.119 e. The third kappa shape index (κ3) is 6.05. The summed E-state index contributed by atoms with van der Waals surface area (Å²) in [5, 5.41) is 9.57. The second kappa shape index (κ2) is 3.86. The van der Waals surface area contributed by atoms with Crippen LogP contribution in [0.25, 0.3) is 0 Å². The summed E-state index contributed by atoms with van der Waals surface area (Å²) >= 11 is 5.70. The van der Waals surface area contributed by atoms with E-state index in [0.29, 0.717) is 5.76 Å². The third-order valence-electron chi connectivity index (χ3n) is 1.15. The lowest BCUT2D eigenvalue weighted by Gasteiger charge is -2.14. The highest BCUT2D eigenvalue weighted by molar-refractivity contribution is 6.30. The maximum Gasteiger partial charge on any atom is 0.119 e. The van der Waals surface area contributed by atoms with Crippen molar-refractivity contribution < 1.29 is 5.11 Å². The second-order valence-electron chi connectivity index (χ2n) is 3.34. The molecule has 0 amide bonds. The quantitative estimate of drug-likeness (QED) is 0.501. The first-order valence-corrected chi connectivity index (χ1v) is 3.95. The Balaban J connectivity index is 4.48. The molecule has 62 valence electrons. The van der Waals surface area contributed by atoms with Gasteiger partial charge in [-0.2, -0.15) is 0 Å². The summed E-state index contributed by atoms with van der Waals surface area (Å²) in [5.74, 6) is 0.323. The number of allylic oxidation sites excluding steroid dienone is 4. The van der Waals surface area contributed by atoms with Gasteiger partial charge in [-0.05, 0) is 25.2 Å². The van der Waals surface area contributed by atoms with Gasteiger partial charge in [0, 0.05) is 5.03 Å². The molecule has 0 rings (SSSR count). The summed E-state index contributed by atoms with van der Waals surface area (Å²) in [6.07, 6.45) is 3.66. The Morgan fingerprint density at radius 1 is 1.45 bits per heavy atom. The van der Waals surface area contributed by atoms with Gasteiger partial charge in [0.1, 0.15) is 7.85 Å². The van der Waals surface area contributed by atoms with Crippen LogP contribution in [0.1, 0.15) is 20.8 Å². The predicted octanol–water partition coefficient (Wildman–Crippen LogP) is 2.40. The molecule has 0 saturated heterocycles. The Morgan fingerprint density at radius 3 is 2.18 bits per heavy atom. The number of aliphatic hydroxyl groups is 1. The summed E-state index contributed by atoms with van der Waals surface area (Å²) in [4.78, 5) is 0. The molecule has 3 heteroatoms. The van der Waals surface area contributed by atoms with Crippen LogP contribution in [0.3, 0.4) is 0 Å². The predicted molar refractivity (Wildman–Crippen MR) is 52.9 cm³/mol. The monoisotopic (exact) mass is 172 g/mol. The fraction of sp³-hybridized carbons (Fsp3) is 0.500. The van der Waals surface area contributed by atoms with Crippen LogP contribution in [0.2, 0.25) is 5.31 Å². The van der Waals surface area contributed by atoms with Gasteiger partial charge in [0.05, 0.1) is 5.76 Å². The molecule has 0 aliphatic carbocycles. The second-order valence-corrected chi connectivity index (χ2v) is 3.93. The number of hydrogen-bond acceptors (Lipinski definition) is 1. The molecule has 1 nitrogen and oxygen atoms in total. The molecule has 0 bridgehead atoms. The molecular formula is C8H14BClO. The van der Waals surface area contributed by atoms with Crippen LogP contribution >= 0.6 is 11.6 Å². The first-order valence-electron chi connectivity index (χ1n) is 3.57. The Bertz CT molecular complexity index is 166. The van der Waals surface area contributed by atoms with Crippen molar-refractivity contribution in [3.63, 3.8) is 0 Å². The first kappa shape index (κ1) is 10.6. The Morgan fingerprint density at radius 2 is 1.91 bits per heavy atom. The third-order valence-corrected chi connectivity index (χ3v) is 1.26. The zero-order valence-electron chi connectivity index (χ0n) is 7.48. The van der Waals surface area contributed by atoms with Crippen molar-refractivity contribution in [1.82, 2.24) is 0 Å². The highest BCUT2D eigenvalue weighted by atomic mass is 35.5. The van der Waals surface area contributed by atoms with Crippen LogP contribution in [0.5, 0.6) is 0 Å². The first-order chi connectivity index (χ1) is 4.83. The van der Waals surface area contributed by atoms with Crippen molar-refractivity contribution in [3.05, 3.63) is 22.9 Å². The summed E-state index contributed by atoms with van der Waals surface area (Å²) < 4.78 is 0. The van der Waals surface area contributed by atoms with Gasteiger partial charge in [-0.25, -0.2) is 0 Å². The van der Waals surface area contributed by atoms with E-state index < -0.39 is 0 Å². The van der Waals surface area contributed by atoms with E-state index in [2.05, 4.69) is 0 Å². The van der Waals surface area contributed by atoms with E-state index in [1.165, 1.54) is 0 Å². The molecule has 0 radical (unpaired) electrons. The minimum Gasteiger partial charge on any atom is -0.513 e. The van der Waals surface area contributed by atoms with E-state index in [0.717, 1.165) is 5.03 Å². The van der Waals surface area contributed by atoms with E-state index in [-0.39, 0.29) is 5.31 Å². The maximum atomic E-state index is 8.99. The fourth-order valence-corrected chi connectivity index (χ4v) is 1.37. The number of rotatable bonds is 2. The van der Waals surface area contributed by atoms with Gasteiger partial charge >= 0.3 is 0 Å². The minimum absolute atomic E-state index is 0.162. The van der Waals surface area contributed by atoms with Gasteiger partial charge in [0.25, 0.3) is 0 Å². The maximum absolute atomic E-state index is 8.99. The largest absolute Gasteiger partial charge is 0.513 e. The highest BCUT2D eigenvalue weighted by Gasteiger charge is 2.11. The summed E-state index contributed by atoms with van der Waals surface area (Å²) in [5.41, 5.74) is 0. The number of halogens is 1. The van der Waals surface area contributed by atoms with E-state index >= 15 is 0 Å². The number of hydrogen-bond donors (Lipinski definition) is 1. The molecule has 0 aromatic rings. The van der Waals surface area contributed by atoms with E-state index in [1.54, 1.807) is 13.0 Å². The summed E-state index contributed by atoms with van der Waals surface area (Å²) in [6.45, 7) is 5.46. The van der Waals surface area contributed by atoms with Crippen molar-refractivity contribution >= 4 is 19.4 Å². The Hall–Kier alpha value is -0.365. The molecule has 0 aliphatic rings. The van der Waals surface area contributed by atoms with Crippen molar-refractivity contribution in [2.75, 3.05) is 0 Å². The Labute approximate surface area is 74.2 Å². The zero-order valence-corrected chi connectivity index (χ0v) is 8.24. The molecule has 1 unspecified atom stereocenters. The molecule has 0 saturated carbocycles. The molecule has 0 aromatic heterocycles. The summed E-state index contributed by atoms with van der Waals surface area (Å²) in [6, 6.07) is 0. The van der Waals surface area contributed by atoms with E-state index in [4.69, 9.17) is 16.7 Å². The normalized spacial score (nSPS) is 19.6. The van der Waals surface area contributed by atoms with Crippen LogP contribution in [0.4, 0.5) is 0 Å². The van der Waals surface area contributed by atoms with Gasteiger partial charge in [0.15, 0.2) is 0 Å². The molecule has 0 aliphatic heterocycles. The van der Waals surface area contributed by atoms with Gasteiger partial charge < -0.3 is 5.11 Å². The molecule has 1 atom stereocenters. The van der Waals surface area contributed by atoms with Crippen LogP contribution < -0.4 is 0 Å². The van der Waals surface area contributed by atoms with Gasteiger partial charge in [0.2, 0.25) is 0 Å². The standard InChI is InChI=1S/C8H14BClO/c1-6(10)4-8(3,9)5-7(2)11/h4-5,11H,9H2,1-3H3/b6-4+,7-5+. The van der Waals surface area contributed by atoms with Gasteiger partial charge in [-0.3, -0.25) is 0 Å². The van der Waals surface area contributed by atoms with Crippen molar-refractivity contribution in [3.8, 4) is 0 Å². The van der Waals surface area contributed by atoms with Crippen LogP contribution in [-0.4, -0.2) is 13.0 Å². The lowest BCUT2D eigenvalue weighted by molar-refractivity contribution is 0.410. The lowest BCUT2D eigenvalue weighted by atomic mass is 9.70. The average molecular weight is 172 g/mol. The van der Waals surface area contributed by atoms with Gasteiger partial charge in [-0.15, -0.1) is 0 Å². The molecule has 0 aromatic carbocycles. The lowest BCUT2D eigenvalue weighted by Crippen LogP contribution is -2.01.